The number of hydrogen-bond acceptors (Lipinski definition) is 5. The number of urea groups is 1. The number of carbonyl (C=O) groups is 2. The quantitative estimate of drug-likeness (QED) is 0.635. The first kappa shape index (κ1) is 20.8. The molecule has 0 spiro atoms. The van der Waals surface area contributed by atoms with Crippen molar-refractivity contribution in [2.24, 2.45) is 5.92 Å². The minimum atomic E-state index is -0.770. The van der Waals surface area contributed by atoms with Crippen molar-refractivity contribution < 1.29 is 29.3 Å². The van der Waals surface area contributed by atoms with E-state index in [9.17, 15) is 14.7 Å². The highest BCUT2D eigenvalue weighted by Crippen LogP contribution is 2.27. The predicted octanol–water partition coefficient (Wildman–Crippen LogP) is 1.85. The van der Waals surface area contributed by atoms with Gasteiger partial charge >= 0.3 is 12.0 Å². The van der Waals surface area contributed by atoms with Gasteiger partial charge < -0.3 is 29.9 Å². The van der Waals surface area contributed by atoms with Crippen LogP contribution in [0.2, 0.25) is 0 Å². The third-order valence-electron chi connectivity index (χ3n) is 4.92. The number of benzene rings is 1. The van der Waals surface area contributed by atoms with Gasteiger partial charge in [-0.25, -0.2) is 4.79 Å². The average Bonchev–Trinajstić information content (AvgIpc) is 2.68. The summed E-state index contributed by atoms with van der Waals surface area (Å²) in [5.41, 5.74) is 0.802. The van der Waals surface area contributed by atoms with Crippen LogP contribution in [0, 0.1) is 5.92 Å². The molecule has 1 aliphatic carbocycles. The van der Waals surface area contributed by atoms with Crippen LogP contribution in [0.15, 0.2) is 18.2 Å². The fourth-order valence-electron chi connectivity index (χ4n) is 3.31. The van der Waals surface area contributed by atoms with E-state index < -0.39 is 5.97 Å². The Morgan fingerprint density at radius 1 is 1.19 bits per heavy atom. The number of rotatable bonds is 8. The molecule has 0 aliphatic heterocycles. The van der Waals surface area contributed by atoms with Gasteiger partial charge in [0.2, 0.25) is 0 Å². The molecule has 3 N–H and O–H groups in total. The molecule has 150 valence electrons. The van der Waals surface area contributed by atoms with Crippen molar-refractivity contribution in [3.8, 4) is 11.5 Å². The van der Waals surface area contributed by atoms with Gasteiger partial charge in [-0.2, -0.15) is 0 Å². The first-order valence-corrected chi connectivity index (χ1v) is 9.08. The number of aliphatic hydroxyl groups is 1. The van der Waals surface area contributed by atoms with Crippen molar-refractivity contribution in [3.05, 3.63) is 23.8 Å². The zero-order chi connectivity index (χ0) is 19.8. The molecule has 0 atom stereocenters. The Morgan fingerprint density at radius 3 is 2.44 bits per heavy atom. The number of carboxylic acids is 1. The van der Waals surface area contributed by atoms with E-state index in [1.54, 1.807) is 26.4 Å². The van der Waals surface area contributed by atoms with Gasteiger partial charge in [-0.1, -0.05) is 0 Å². The van der Waals surface area contributed by atoms with Crippen LogP contribution in [0.4, 0.5) is 4.79 Å². The number of aliphatic carboxylic acids is 1. The molecule has 8 nitrogen and oxygen atoms in total. The monoisotopic (exact) mass is 380 g/mol. The normalized spacial score (nSPS) is 19.2. The Bertz CT molecular complexity index is 643. The summed E-state index contributed by atoms with van der Waals surface area (Å²) >= 11 is 0. The van der Waals surface area contributed by atoms with E-state index in [4.69, 9.17) is 14.6 Å². The fourth-order valence-corrected chi connectivity index (χ4v) is 3.31. The molecule has 0 unspecified atom stereocenters. The summed E-state index contributed by atoms with van der Waals surface area (Å²) in [6.07, 6.45) is 2.40. The zero-order valence-corrected chi connectivity index (χ0v) is 15.8. The van der Waals surface area contributed by atoms with Gasteiger partial charge in [0.1, 0.15) is 11.5 Å². The molecule has 2 amide bonds. The standard InChI is InChI=1S/C19H28N2O6/c1-26-16-8-5-14(17(11-16)27-2)12-21(9-10-22)19(25)20-15-6-3-13(4-7-15)18(23)24/h5,8,11,13,15,22H,3-4,6-7,9-10,12H2,1-2H3,(H,20,25)(H,23,24). The minimum Gasteiger partial charge on any atom is -0.497 e. The Kier molecular flexibility index (Phi) is 7.72. The first-order valence-electron chi connectivity index (χ1n) is 9.08. The van der Waals surface area contributed by atoms with Crippen molar-refractivity contribution in [3.63, 3.8) is 0 Å². The zero-order valence-electron chi connectivity index (χ0n) is 15.8. The fraction of sp³-hybridized carbons (Fsp3) is 0.579. The predicted molar refractivity (Wildman–Crippen MR) is 99.0 cm³/mol. The van der Waals surface area contributed by atoms with Crippen LogP contribution in [-0.4, -0.2) is 60.5 Å². The third kappa shape index (κ3) is 5.75. The van der Waals surface area contributed by atoms with Crippen LogP contribution < -0.4 is 14.8 Å². The number of aliphatic hydroxyl groups excluding tert-OH is 1. The molecule has 0 saturated heterocycles. The first-order chi connectivity index (χ1) is 13.0. The second-order valence-corrected chi connectivity index (χ2v) is 6.66. The van der Waals surface area contributed by atoms with Crippen molar-refractivity contribution >= 4 is 12.0 Å². The molecule has 0 heterocycles. The highest BCUT2D eigenvalue weighted by molar-refractivity contribution is 5.75. The lowest BCUT2D eigenvalue weighted by molar-refractivity contribution is -0.142. The number of carbonyl (C=O) groups excluding carboxylic acids is 1. The third-order valence-corrected chi connectivity index (χ3v) is 4.92. The van der Waals surface area contributed by atoms with Crippen LogP contribution in [0.3, 0.4) is 0 Å². The van der Waals surface area contributed by atoms with Crippen molar-refractivity contribution in [1.29, 1.82) is 0 Å². The molecular formula is C19H28N2O6. The lowest BCUT2D eigenvalue weighted by Crippen LogP contribution is -2.47. The number of ether oxygens (including phenoxy) is 2. The maximum absolute atomic E-state index is 12.7. The topological polar surface area (TPSA) is 108 Å². The van der Waals surface area contributed by atoms with Gasteiger partial charge in [-0.3, -0.25) is 4.79 Å². The van der Waals surface area contributed by atoms with E-state index in [0.717, 1.165) is 5.56 Å². The van der Waals surface area contributed by atoms with Crippen molar-refractivity contribution in [2.75, 3.05) is 27.4 Å². The molecule has 0 bridgehead atoms. The number of amides is 2. The molecule has 1 saturated carbocycles. The molecule has 27 heavy (non-hydrogen) atoms. The Hall–Kier alpha value is -2.48. The van der Waals surface area contributed by atoms with E-state index in [-0.39, 0.29) is 37.7 Å². The smallest absolute Gasteiger partial charge is 0.317 e. The van der Waals surface area contributed by atoms with Gasteiger partial charge in [-0.15, -0.1) is 0 Å². The number of nitrogens with zero attached hydrogens (tertiary/aromatic N) is 1. The number of methoxy groups -OCH3 is 2. The van der Waals surface area contributed by atoms with Gasteiger partial charge in [0.15, 0.2) is 0 Å². The lowest BCUT2D eigenvalue weighted by atomic mass is 9.86. The summed E-state index contributed by atoms with van der Waals surface area (Å²) in [6.45, 7) is 0.313. The summed E-state index contributed by atoms with van der Waals surface area (Å²) in [4.78, 5) is 25.2. The second-order valence-electron chi connectivity index (χ2n) is 6.66. The van der Waals surface area contributed by atoms with E-state index in [1.807, 2.05) is 6.07 Å². The molecule has 1 aromatic rings. The summed E-state index contributed by atoms with van der Waals surface area (Å²) in [6, 6.07) is 5.04. The summed E-state index contributed by atoms with van der Waals surface area (Å²) in [7, 11) is 3.12. The Morgan fingerprint density at radius 2 is 1.89 bits per heavy atom. The molecule has 1 fully saturated rings. The number of carboxylic acid groups (broad SMARTS) is 1. The highest BCUT2D eigenvalue weighted by Gasteiger charge is 2.28. The molecular weight excluding hydrogens is 352 g/mol. The van der Waals surface area contributed by atoms with Gasteiger partial charge in [-0.05, 0) is 37.8 Å². The van der Waals surface area contributed by atoms with Crippen LogP contribution >= 0.6 is 0 Å². The van der Waals surface area contributed by atoms with Crippen LogP contribution in [0.1, 0.15) is 31.2 Å². The van der Waals surface area contributed by atoms with Crippen LogP contribution in [0.5, 0.6) is 11.5 Å². The summed E-state index contributed by atoms with van der Waals surface area (Å²) < 4.78 is 10.6. The SMILES string of the molecule is COc1ccc(CN(CCO)C(=O)NC2CCC(C(=O)O)CC2)c(OC)c1. The lowest BCUT2D eigenvalue weighted by Gasteiger charge is -2.30. The largest absolute Gasteiger partial charge is 0.497 e. The maximum Gasteiger partial charge on any atom is 0.317 e. The van der Waals surface area contributed by atoms with E-state index in [0.29, 0.717) is 37.2 Å². The molecule has 1 aromatic carbocycles. The number of hydrogen-bond donors (Lipinski definition) is 3. The van der Waals surface area contributed by atoms with Gasteiger partial charge in [0.25, 0.3) is 0 Å². The van der Waals surface area contributed by atoms with Crippen molar-refractivity contribution in [1.82, 2.24) is 10.2 Å². The molecule has 0 aromatic heterocycles. The summed E-state index contributed by atoms with van der Waals surface area (Å²) in [5, 5.41) is 21.4. The maximum atomic E-state index is 12.7. The molecule has 0 radical (unpaired) electrons. The average molecular weight is 380 g/mol. The molecule has 8 heteroatoms. The van der Waals surface area contributed by atoms with E-state index in [1.165, 1.54) is 4.90 Å². The van der Waals surface area contributed by atoms with E-state index >= 15 is 0 Å². The van der Waals surface area contributed by atoms with Gasteiger partial charge in [0, 0.05) is 24.2 Å². The minimum absolute atomic E-state index is 0.0490. The van der Waals surface area contributed by atoms with Crippen molar-refractivity contribution in [2.45, 2.75) is 38.3 Å². The Labute approximate surface area is 159 Å². The van der Waals surface area contributed by atoms with Gasteiger partial charge in [0.05, 0.1) is 33.3 Å². The van der Waals surface area contributed by atoms with E-state index in [2.05, 4.69) is 5.32 Å². The second kappa shape index (κ2) is 10.0. The van der Waals surface area contributed by atoms with Crippen LogP contribution in [0.25, 0.3) is 0 Å². The Balaban J connectivity index is 2.00. The van der Waals surface area contributed by atoms with Crippen LogP contribution in [-0.2, 0) is 11.3 Å². The molecule has 1 aliphatic rings. The highest BCUT2D eigenvalue weighted by atomic mass is 16.5. The number of nitrogens with one attached hydrogen (secondary N) is 1. The molecule has 2 rings (SSSR count). The summed E-state index contributed by atoms with van der Waals surface area (Å²) in [5.74, 6) is 0.166.